The average molecular weight is 306 g/mol. The maximum Gasteiger partial charge on any atom is 0.209 e. The average Bonchev–Trinajstić information content (AvgIpc) is 2.97. The molecule has 5 nitrogen and oxygen atoms in total. The summed E-state index contributed by atoms with van der Waals surface area (Å²) >= 11 is 1.43. The van der Waals surface area contributed by atoms with Crippen LogP contribution >= 0.6 is 11.5 Å². The molecule has 0 saturated carbocycles. The normalized spacial score (nSPS) is 10.6. The lowest BCUT2D eigenvalue weighted by atomic mass is 10.2. The van der Waals surface area contributed by atoms with Crippen LogP contribution < -0.4 is 15.4 Å². The van der Waals surface area contributed by atoms with Gasteiger partial charge in [0, 0.05) is 24.5 Å². The predicted molar refractivity (Wildman–Crippen MR) is 87.6 cm³/mol. The summed E-state index contributed by atoms with van der Waals surface area (Å²) in [6.45, 7) is 3.58. The van der Waals surface area contributed by atoms with Crippen molar-refractivity contribution in [2.75, 3.05) is 25.1 Å². The molecule has 1 aromatic heterocycles. The van der Waals surface area contributed by atoms with E-state index in [2.05, 4.69) is 21.2 Å². The molecule has 0 fully saturated rings. The summed E-state index contributed by atoms with van der Waals surface area (Å²) in [4.78, 5) is 6.78. The van der Waals surface area contributed by atoms with Crippen molar-refractivity contribution in [2.45, 2.75) is 26.2 Å². The molecular formula is C15H22N4OS. The summed E-state index contributed by atoms with van der Waals surface area (Å²) < 4.78 is 9.90. The zero-order valence-corrected chi connectivity index (χ0v) is 13.4. The molecule has 0 aliphatic heterocycles. The minimum absolute atomic E-state index is 0.645. The number of hydrogen-bond donors (Lipinski definition) is 1. The van der Waals surface area contributed by atoms with Crippen LogP contribution in [0.5, 0.6) is 5.75 Å². The molecule has 21 heavy (non-hydrogen) atoms. The standard InChI is InChI=1S/C15H22N4OS/c1-3-7-14-17-15(21-18-14)19(11-6-10-16)12-8-4-5-9-13(12)20-2/h4-5,8-9H,3,6-7,10-11,16H2,1-2H3. The molecule has 0 aliphatic carbocycles. The van der Waals surface area contributed by atoms with Crippen molar-refractivity contribution in [2.24, 2.45) is 5.73 Å². The van der Waals surface area contributed by atoms with E-state index in [0.29, 0.717) is 6.54 Å². The van der Waals surface area contributed by atoms with Gasteiger partial charge in [-0.3, -0.25) is 0 Å². The molecule has 0 unspecified atom stereocenters. The first-order chi connectivity index (χ1) is 10.3. The van der Waals surface area contributed by atoms with Gasteiger partial charge in [-0.05, 0) is 31.5 Å². The molecule has 0 radical (unpaired) electrons. The van der Waals surface area contributed by atoms with Gasteiger partial charge >= 0.3 is 0 Å². The van der Waals surface area contributed by atoms with Crippen LogP contribution in [0.2, 0.25) is 0 Å². The van der Waals surface area contributed by atoms with Crippen molar-refractivity contribution in [1.29, 1.82) is 0 Å². The van der Waals surface area contributed by atoms with Gasteiger partial charge in [-0.15, -0.1) is 0 Å². The number of rotatable bonds is 8. The second kappa shape index (κ2) is 7.95. The summed E-state index contributed by atoms with van der Waals surface area (Å²) in [6.07, 6.45) is 2.85. The number of aromatic nitrogens is 2. The first-order valence-corrected chi connectivity index (χ1v) is 8.00. The molecule has 1 aromatic carbocycles. The number of anilines is 2. The van der Waals surface area contributed by atoms with E-state index in [1.165, 1.54) is 11.5 Å². The summed E-state index contributed by atoms with van der Waals surface area (Å²) in [7, 11) is 1.68. The summed E-state index contributed by atoms with van der Waals surface area (Å²) in [5.74, 6) is 1.74. The zero-order chi connectivity index (χ0) is 15.1. The SMILES string of the molecule is CCCc1nsc(N(CCCN)c2ccccc2OC)n1. The van der Waals surface area contributed by atoms with Gasteiger partial charge in [-0.2, -0.15) is 4.37 Å². The number of aryl methyl sites for hydroxylation is 1. The Hall–Kier alpha value is -1.66. The second-order valence-corrected chi connectivity index (χ2v) is 5.44. The Morgan fingerprint density at radius 1 is 1.33 bits per heavy atom. The first-order valence-electron chi connectivity index (χ1n) is 7.23. The minimum Gasteiger partial charge on any atom is -0.495 e. The molecule has 0 bridgehead atoms. The van der Waals surface area contributed by atoms with Crippen molar-refractivity contribution in [3.63, 3.8) is 0 Å². The molecule has 0 amide bonds. The lowest BCUT2D eigenvalue weighted by Crippen LogP contribution is -2.21. The molecule has 2 N–H and O–H groups in total. The number of hydrogen-bond acceptors (Lipinski definition) is 6. The minimum atomic E-state index is 0.645. The zero-order valence-electron chi connectivity index (χ0n) is 12.6. The fourth-order valence-electron chi connectivity index (χ4n) is 2.10. The van der Waals surface area contributed by atoms with Gasteiger partial charge in [0.25, 0.3) is 0 Å². The number of para-hydroxylation sites is 2. The lowest BCUT2D eigenvalue weighted by Gasteiger charge is -2.23. The van der Waals surface area contributed by atoms with Gasteiger partial charge in [0.05, 0.1) is 12.8 Å². The van der Waals surface area contributed by atoms with E-state index < -0.39 is 0 Å². The monoisotopic (exact) mass is 306 g/mol. The van der Waals surface area contributed by atoms with E-state index in [-0.39, 0.29) is 0 Å². The Bertz CT molecular complexity index is 558. The fraction of sp³-hybridized carbons (Fsp3) is 0.467. The molecule has 6 heteroatoms. The van der Waals surface area contributed by atoms with Crippen LogP contribution in [0.3, 0.4) is 0 Å². The summed E-state index contributed by atoms with van der Waals surface area (Å²) in [5.41, 5.74) is 6.67. The largest absolute Gasteiger partial charge is 0.495 e. The van der Waals surface area contributed by atoms with Crippen LogP contribution in [0.15, 0.2) is 24.3 Å². The Labute approximate surface area is 129 Å². The van der Waals surface area contributed by atoms with E-state index in [1.54, 1.807) is 7.11 Å². The van der Waals surface area contributed by atoms with Gasteiger partial charge < -0.3 is 15.4 Å². The van der Waals surface area contributed by atoms with Gasteiger partial charge in [-0.25, -0.2) is 4.98 Å². The Balaban J connectivity index is 2.32. The highest BCUT2D eigenvalue weighted by molar-refractivity contribution is 7.09. The Morgan fingerprint density at radius 3 is 2.86 bits per heavy atom. The molecule has 0 spiro atoms. The van der Waals surface area contributed by atoms with Crippen LogP contribution in [0.25, 0.3) is 0 Å². The van der Waals surface area contributed by atoms with E-state index in [1.807, 2.05) is 24.3 Å². The fourth-order valence-corrected chi connectivity index (χ4v) is 2.85. The molecule has 0 aliphatic rings. The number of ether oxygens (including phenoxy) is 1. The quantitative estimate of drug-likeness (QED) is 0.812. The van der Waals surface area contributed by atoms with E-state index in [9.17, 15) is 0 Å². The number of nitrogens with two attached hydrogens (primary N) is 1. The van der Waals surface area contributed by atoms with Crippen LogP contribution in [-0.4, -0.2) is 29.6 Å². The maximum absolute atomic E-state index is 5.67. The van der Waals surface area contributed by atoms with E-state index in [0.717, 1.165) is 48.2 Å². The van der Waals surface area contributed by atoms with Crippen LogP contribution in [0, 0.1) is 0 Å². The van der Waals surface area contributed by atoms with Gasteiger partial charge in [0.2, 0.25) is 5.13 Å². The molecule has 0 saturated heterocycles. The maximum atomic E-state index is 5.67. The van der Waals surface area contributed by atoms with E-state index in [4.69, 9.17) is 10.5 Å². The number of benzene rings is 1. The van der Waals surface area contributed by atoms with Gasteiger partial charge in [0.15, 0.2) is 0 Å². The smallest absolute Gasteiger partial charge is 0.209 e. The topological polar surface area (TPSA) is 64.3 Å². The van der Waals surface area contributed by atoms with Crippen molar-refractivity contribution >= 4 is 22.4 Å². The van der Waals surface area contributed by atoms with Crippen molar-refractivity contribution in [1.82, 2.24) is 9.36 Å². The second-order valence-electron chi connectivity index (χ2n) is 4.71. The van der Waals surface area contributed by atoms with Crippen LogP contribution in [-0.2, 0) is 6.42 Å². The third-order valence-electron chi connectivity index (χ3n) is 3.12. The molecule has 2 aromatic rings. The van der Waals surface area contributed by atoms with Crippen molar-refractivity contribution < 1.29 is 4.74 Å². The van der Waals surface area contributed by atoms with Gasteiger partial charge in [-0.1, -0.05) is 19.1 Å². The molecule has 2 rings (SSSR count). The first kappa shape index (κ1) is 15.7. The Kier molecular flexibility index (Phi) is 5.95. The van der Waals surface area contributed by atoms with Crippen molar-refractivity contribution in [3.05, 3.63) is 30.1 Å². The summed E-state index contributed by atoms with van der Waals surface area (Å²) in [6, 6.07) is 7.96. The third kappa shape index (κ3) is 3.92. The van der Waals surface area contributed by atoms with E-state index >= 15 is 0 Å². The lowest BCUT2D eigenvalue weighted by molar-refractivity contribution is 0.415. The highest BCUT2D eigenvalue weighted by atomic mass is 32.1. The molecule has 1 heterocycles. The molecule has 114 valence electrons. The van der Waals surface area contributed by atoms with Crippen molar-refractivity contribution in [3.8, 4) is 5.75 Å². The molecule has 0 atom stereocenters. The summed E-state index contributed by atoms with van der Waals surface area (Å²) in [5, 5.41) is 0.899. The number of methoxy groups -OCH3 is 1. The number of nitrogens with zero attached hydrogens (tertiary/aromatic N) is 3. The highest BCUT2D eigenvalue weighted by Crippen LogP contribution is 2.34. The molecular weight excluding hydrogens is 284 g/mol. The Morgan fingerprint density at radius 2 is 2.14 bits per heavy atom. The van der Waals surface area contributed by atoms with Crippen LogP contribution in [0.4, 0.5) is 10.8 Å². The van der Waals surface area contributed by atoms with Gasteiger partial charge in [0.1, 0.15) is 11.6 Å². The highest BCUT2D eigenvalue weighted by Gasteiger charge is 2.17. The third-order valence-corrected chi connectivity index (χ3v) is 3.90. The van der Waals surface area contributed by atoms with Crippen LogP contribution in [0.1, 0.15) is 25.6 Å². The predicted octanol–water partition coefficient (Wildman–Crippen LogP) is 2.99.